The minimum absolute atomic E-state index is 0.0154. The zero-order valence-electron chi connectivity index (χ0n) is 21.0. The summed E-state index contributed by atoms with van der Waals surface area (Å²) in [4.78, 5) is 37.0. The van der Waals surface area contributed by atoms with Crippen LogP contribution >= 0.6 is 11.3 Å². The number of nitro groups is 1. The zero-order chi connectivity index (χ0) is 27.4. The summed E-state index contributed by atoms with van der Waals surface area (Å²) >= 11 is 1.25. The molecule has 0 atom stereocenters. The Morgan fingerprint density at radius 1 is 1.18 bits per heavy atom. The number of nitro benzene ring substituents is 1. The van der Waals surface area contributed by atoms with E-state index < -0.39 is 16.8 Å². The highest BCUT2D eigenvalue weighted by atomic mass is 32.1. The molecular weight excluding hydrogens is 504 g/mol. The van der Waals surface area contributed by atoms with E-state index in [9.17, 15) is 25.0 Å². The molecule has 2 aromatic heterocycles. The fourth-order valence-electron chi connectivity index (χ4n) is 4.08. The second-order valence-electron chi connectivity index (χ2n) is 8.48. The molecule has 0 aliphatic rings. The van der Waals surface area contributed by atoms with Crippen LogP contribution in [0.1, 0.15) is 38.8 Å². The molecule has 0 aliphatic carbocycles. The Kier molecular flexibility index (Phi) is 7.69. The number of para-hydroxylation sites is 1. The van der Waals surface area contributed by atoms with E-state index in [0.29, 0.717) is 22.7 Å². The van der Waals surface area contributed by atoms with Crippen molar-refractivity contribution in [2.75, 3.05) is 11.9 Å². The molecule has 38 heavy (non-hydrogen) atoms. The number of amides is 1. The molecule has 10 heteroatoms. The average molecular weight is 529 g/mol. The van der Waals surface area contributed by atoms with Crippen LogP contribution in [-0.4, -0.2) is 28.0 Å². The third kappa shape index (κ3) is 5.33. The Bertz CT molecular complexity index is 1620. The Hall–Kier alpha value is -4.75. The van der Waals surface area contributed by atoms with Crippen molar-refractivity contribution < 1.29 is 19.2 Å². The maximum Gasteiger partial charge on any atom is 0.341 e. The van der Waals surface area contributed by atoms with Gasteiger partial charge < -0.3 is 14.6 Å². The lowest BCUT2D eigenvalue weighted by molar-refractivity contribution is -0.384. The van der Waals surface area contributed by atoms with E-state index in [-0.39, 0.29) is 17.9 Å². The first-order chi connectivity index (χ1) is 18.2. The van der Waals surface area contributed by atoms with Gasteiger partial charge in [0.2, 0.25) is 0 Å². The minimum Gasteiger partial charge on any atom is -0.462 e. The number of benzene rings is 2. The van der Waals surface area contributed by atoms with E-state index >= 15 is 0 Å². The summed E-state index contributed by atoms with van der Waals surface area (Å²) in [6, 6.07) is 15.8. The van der Waals surface area contributed by atoms with Crippen LogP contribution in [0.25, 0.3) is 17.0 Å². The fraction of sp³-hybridized carbons (Fsp3) is 0.179. The number of nitrogens with one attached hydrogen (secondary N) is 1. The standard InChI is InChI=1S/C28H24N4O5S/c1-4-37-28(34)25-17(2)18(3)38-27(25)30-26(33)20(14-29)13-21-16-31(24-8-6-5-7-23(21)24)15-19-9-11-22(12-10-19)32(35)36/h5-13,16H,4,15H2,1-3H3,(H,30,33). The Morgan fingerprint density at radius 2 is 1.89 bits per heavy atom. The number of thiophene rings is 1. The monoisotopic (exact) mass is 528 g/mol. The number of rotatable bonds is 8. The second-order valence-corrected chi connectivity index (χ2v) is 9.71. The lowest BCUT2D eigenvalue weighted by atomic mass is 10.1. The number of nitriles is 1. The number of aryl methyl sites for hydroxylation is 1. The van der Waals surface area contributed by atoms with Crippen LogP contribution in [0, 0.1) is 35.3 Å². The summed E-state index contributed by atoms with van der Waals surface area (Å²) in [5.74, 6) is -1.16. The molecule has 0 bridgehead atoms. The number of ether oxygens (including phenoxy) is 1. The Morgan fingerprint density at radius 3 is 2.55 bits per heavy atom. The van der Waals surface area contributed by atoms with E-state index in [2.05, 4.69) is 5.32 Å². The molecule has 192 valence electrons. The number of hydrogen-bond acceptors (Lipinski definition) is 7. The largest absolute Gasteiger partial charge is 0.462 e. The van der Waals surface area contributed by atoms with E-state index in [1.54, 1.807) is 26.0 Å². The lowest BCUT2D eigenvalue weighted by Gasteiger charge is -2.06. The smallest absolute Gasteiger partial charge is 0.341 e. The van der Waals surface area contributed by atoms with Gasteiger partial charge in [-0.1, -0.05) is 30.3 Å². The molecule has 2 aromatic carbocycles. The first kappa shape index (κ1) is 26.3. The molecule has 9 nitrogen and oxygen atoms in total. The summed E-state index contributed by atoms with van der Waals surface area (Å²) in [6.45, 7) is 5.98. The molecular formula is C28H24N4O5S. The van der Waals surface area contributed by atoms with Crippen molar-refractivity contribution in [3.8, 4) is 6.07 Å². The van der Waals surface area contributed by atoms with Crippen molar-refractivity contribution >= 4 is 50.9 Å². The molecule has 1 N–H and O–H groups in total. The van der Waals surface area contributed by atoms with Crippen molar-refractivity contribution in [1.29, 1.82) is 5.26 Å². The van der Waals surface area contributed by atoms with Gasteiger partial charge in [-0.25, -0.2) is 4.79 Å². The Labute approximate surface area is 222 Å². The zero-order valence-corrected chi connectivity index (χ0v) is 21.8. The van der Waals surface area contributed by atoms with Crippen molar-refractivity contribution in [3.63, 3.8) is 0 Å². The predicted octanol–water partition coefficient (Wildman–Crippen LogP) is 6.00. The molecule has 0 saturated heterocycles. The molecule has 0 unspecified atom stereocenters. The summed E-state index contributed by atoms with van der Waals surface area (Å²) in [6.07, 6.45) is 3.35. The highest BCUT2D eigenvalue weighted by Gasteiger charge is 2.23. The average Bonchev–Trinajstić information content (AvgIpc) is 3.38. The highest BCUT2D eigenvalue weighted by molar-refractivity contribution is 7.16. The number of hydrogen-bond donors (Lipinski definition) is 1. The van der Waals surface area contributed by atoms with Gasteiger partial charge in [0.15, 0.2) is 0 Å². The molecule has 0 saturated carbocycles. The van der Waals surface area contributed by atoms with Gasteiger partial charge in [-0.15, -0.1) is 11.3 Å². The highest BCUT2D eigenvalue weighted by Crippen LogP contribution is 2.33. The third-order valence-corrected chi connectivity index (χ3v) is 7.20. The minimum atomic E-state index is -0.633. The van der Waals surface area contributed by atoms with Crippen LogP contribution in [0.2, 0.25) is 0 Å². The number of carbonyl (C=O) groups is 2. The quantitative estimate of drug-likeness (QED) is 0.0982. The maximum atomic E-state index is 13.1. The fourth-order valence-corrected chi connectivity index (χ4v) is 5.12. The first-order valence-corrected chi connectivity index (χ1v) is 12.6. The van der Waals surface area contributed by atoms with Gasteiger partial charge in [-0.2, -0.15) is 5.26 Å². The Balaban J connectivity index is 1.66. The van der Waals surface area contributed by atoms with E-state index in [0.717, 1.165) is 26.9 Å². The molecule has 0 radical (unpaired) electrons. The number of aromatic nitrogens is 1. The summed E-state index contributed by atoms with van der Waals surface area (Å²) in [5, 5.41) is 24.7. The predicted molar refractivity (Wildman–Crippen MR) is 146 cm³/mol. The SMILES string of the molecule is CCOC(=O)c1c(NC(=O)C(C#N)=Cc2cn(Cc3ccc([N+](=O)[O-])cc3)c3ccccc23)sc(C)c1C. The van der Waals surface area contributed by atoms with Crippen LogP contribution in [0.4, 0.5) is 10.7 Å². The molecule has 1 amide bonds. The topological polar surface area (TPSA) is 127 Å². The van der Waals surface area contributed by atoms with Gasteiger partial charge in [-0.3, -0.25) is 14.9 Å². The lowest BCUT2D eigenvalue weighted by Crippen LogP contribution is -2.16. The van der Waals surface area contributed by atoms with Crippen molar-refractivity contribution in [2.24, 2.45) is 0 Å². The molecule has 4 aromatic rings. The first-order valence-electron chi connectivity index (χ1n) is 11.7. The number of fused-ring (bicyclic) bond motifs is 1. The molecule has 4 rings (SSSR count). The van der Waals surface area contributed by atoms with Crippen molar-refractivity contribution in [2.45, 2.75) is 27.3 Å². The van der Waals surface area contributed by atoms with Crippen LogP contribution in [0.5, 0.6) is 0 Å². The number of esters is 1. The van der Waals surface area contributed by atoms with Gasteiger partial charge in [0.1, 0.15) is 16.6 Å². The van der Waals surface area contributed by atoms with E-state index in [1.165, 1.54) is 29.5 Å². The van der Waals surface area contributed by atoms with Crippen LogP contribution in [0.3, 0.4) is 0 Å². The van der Waals surface area contributed by atoms with Crippen molar-refractivity contribution in [1.82, 2.24) is 4.57 Å². The number of non-ortho nitro benzene ring substituents is 1. The summed E-state index contributed by atoms with van der Waals surface area (Å²) in [7, 11) is 0. The number of anilines is 1. The van der Waals surface area contributed by atoms with Gasteiger partial charge in [0.25, 0.3) is 11.6 Å². The van der Waals surface area contributed by atoms with Crippen molar-refractivity contribution in [3.05, 3.63) is 97.5 Å². The maximum absolute atomic E-state index is 13.1. The number of carbonyl (C=O) groups excluding carboxylic acids is 2. The van der Waals surface area contributed by atoms with Crippen LogP contribution in [-0.2, 0) is 16.1 Å². The van der Waals surface area contributed by atoms with Gasteiger partial charge in [0, 0.05) is 46.2 Å². The van der Waals surface area contributed by atoms with Gasteiger partial charge in [-0.05, 0) is 44.0 Å². The summed E-state index contributed by atoms with van der Waals surface area (Å²) in [5.41, 5.74) is 3.31. The van der Waals surface area contributed by atoms with E-state index in [1.807, 2.05) is 48.0 Å². The molecule has 0 fully saturated rings. The molecule has 0 spiro atoms. The molecule has 2 heterocycles. The van der Waals surface area contributed by atoms with Crippen LogP contribution < -0.4 is 5.32 Å². The normalized spacial score (nSPS) is 11.3. The van der Waals surface area contributed by atoms with Crippen LogP contribution in [0.15, 0.2) is 60.3 Å². The molecule has 0 aliphatic heterocycles. The van der Waals surface area contributed by atoms with Gasteiger partial charge >= 0.3 is 5.97 Å². The second kappa shape index (κ2) is 11.1. The summed E-state index contributed by atoms with van der Waals surface area (Å²) < 4.78 is 7.10. The number of nitrogens with zero attached hydrogens (tertiary/aromatic N) is 3. The van der Waals surface area contributed by atoms with E-state index in [4.69, 9.17) is 4.74 Å². The van der Waals surface area contributed by atoms with Gasteiger partial charge in [0.05, 0.1) is 17.1 Å². The third-order valence-electron chi connectivity index (χ3n) is 6.08.